The van der Waals surface area contributed by atoms with Crippen molar-refractivity contribution in [1.29, 1.82) is 0 Å². The van der Waals surface area contributed by atoms with E-state index in [1.165, 1.54) is 12.0 Å². The lowest BCUT2D eigenvalue weighted by molar-refractivity contribution is -0.125. The van der Waals surface area contributed by atoms with Crippen LogP contribution in [0.1, 0.15) is 24.8 Å². The average Bonchev–Trinajstić information content (AvgIpc) is 3.13. The Hall–Kier alpha value is -1.71. The molecule has 1 aromatic carbocycles. The molecule has 1 aromatic rings. The molecule has 1 aliphatic heterocycles. The van der Waals surface area contributed by atoms with Crippen LogP contribution in [0.25, 0.3) is 0 Å². The maximum atomic E-state index is 12.1. The van der Waals surface area contributed by atoms with Gasteiger partial charge >= 0.3 is 0 Å². The average molecular weight is 287 g/mol. The number of hydrogen-bond donors (Lipinski definition) is 1. The van der Waals surface area contributed by atoms with Crippen LogP contribution in [0.2, 0.25) is 0 Å². The van der Waals surface area contributed by atoms with Crippen LogP contribution in [0.4, 0.5) is 0 Å². The van der Waals surface area contributed by atoms with Crippen molar-refractivity contribution in [1.82, 2.24) is 5.32 Å². The molecule has 4 heteroatoms. The van der Waals surface area contributed by atoms with Crippen LogP contribution in [0, 0.1) is 17.8 Å². The van der Waals surface area contributed by atoms with Gasteiger partial charge in [0.15, 0.2) is 11.5 Å². The maximum absolute atomic E-state index is 12.1. The van der Waals surface area contributed by atoms with Crippen LogP contribution in [0.3, 0.4) is 0 Å². The molecule has 0 saturated heterocycles. The van der Waals surface area contributed by atoms with E-state index in [-0.39, 0.29) is 11.8 Å². The first kappa shape index (κ1) is 13.0. The Labute approximate surface area is 124 Å². The summed E-state index contributed by atoms with van der Waals surface area (Å²) in [6.07, 6.45) is 4.42. The summed E-state index contributed by atoms with van der Waals surface area (Å²) in [5.41, 5.74) is 1.17. The zero-order chi connectivity index (χ0) is 14.2. The van der Waals surface area contributed by atoms with Crippen molar-refractivity contribution in [2.24, 2.45) is 17.8 Å². The Bertz CT molecular complexity index is 547. The Morgan fingerprint density at radius 2 is 1.86 bits per heavy atom. The smallest absolute Gasteiger partial charge is 0.223 e. The van der Waals surface area contributed by atoms with Gasteiger partial charge < -0.3 is 14.8 Å². The minimum Gasteiger partial charge on any atom is -0.486 e. The van der Waals surface area contributed by atoms with Gasteiger partial charge in [0.1, 0.15) is 13.2 Å². The third-order valence-corrected chi connectivity index (χ3v) is 4.93. The Morgan fingerprint density at radius 3 is 2.67 bits per heavy atom. The molecule has 0 spiro atoms. The first-order chi connectivity index (χ1) is 10.3. The molecule has 1 heterocycles. The molecule has 2 unspecified atom stereocenters. The molecule has 1 N–H and O–H groups in total. The van der Waals surface area contributed by atoms with E-state index in [0.717, 1.165) is 42.6 Å². The van der Waals surface area contributed by atoms with Crippen molar-refractivity contribution in [3.05, 3.63) is 23.8 Å². The Kier molecular flexibility index (Phi) is 3.24. The lowest BCUT2D eigenvalue weighted by Gasteiger charge is -2.19. The molecule has 4 nitrogen and oxygen atoms in total. The van der Waals surface area contributed by atoms with Crippen LogP contribution < -0.4 is 14.8 Å². The Balaban J connectivity index is 1.27. The fourth-order valence-electron chi connectivity index (χ4n) is 3.65. The van der Waals surface area contributed by atoms with Gasteiger partial charge in [0, 0.05) is 12.5 Å². The van der Waals surface area contributed by atoms with Gasteiger partial charge in [-0.25, -0.2) is 0 Å². The lowest BCUT2D eigenvalue weighted by atomic mass is 10.0. The molecular formula is C17H21NO3. The van der Waals surface area contributed by atoms with Crippen molar-refractivity contribution in [2.75, 3.05) is 19.8 Å². The monoisotopic (exact) mass is 287 g/mol. The van der Waals surface area contributed by atoms with Gasteiger partial charge in [0.05, 0.1) is 0 Å². The number of nitrogens with one attached hydrogen (secondary N) is 1. The minimum absolute atomic E-state index is 0.250. The molecule has 4 rings (SSSR count). The van der Waals surface area contributed by atoms with E-state index in [1.807, 2.05) is 18.2 Å². The molecule has 0 radical (unpaired) electrons. The van der Waals surface area contributed by atoms with E-state index in [2.05, 4.69) is 5.32 Å². The number of rotatable bonds is 4. The second kappa shape index (κ2) is 5.24. The highest BCUT2D eigenvalue weighted by molar-refractivity contribution is 5.79. The van der Waals surface area contributed by atoms with Crippen LogP contribution in [-0.2, 0) is 11.2 Å². The molecule has 112 valence electrons. The number of carbonyl (C=O) groups is 1. The summed E-state index contributed by atoms with van der Waals surface area (Å²) in [4.78, 5) is 12.1. The molecule has 21 heavy (non-hydrogen) atoms. The van der Waals surface area contributed by atoms with Gasteiger partial charge in [0.25, 0.3) is 0 Å². The summed E-state index contributed by atoms with van der Waals surface area (Å²) in [5, 5.41) is 3.08. The highest BCUT2D eigenvalue weighted by Crippen LogP contribution is 2.54. The van der Waals surface area contributed by atoms with E-state index >= 15 is 0 Å². The first-order valence-corrected chi connectivity index (χ1v) is 7.96. The molecule has 2 atom stereocenters. The molecule has 0 aromatic heterocycles. The lowest BCUT2D eigenvalue weighted by Crippen LogP contribution is -2.31. The molecule has 3 aliphatic rings. The predicted octanol–water partition coefficient (Wildman–Crippen LogP) is 2.16. The van der Waals surface area contributed by atoms with E-state index < -0.39 is 0 Å². The number of hydrogen-bond acceptors (Lipinski definition) is 3. The maximum Gasteiger partial charge on any atom is 0.223 e. The van der Waals surface area contributed by atoms with E-state index in [4.69, 9.17) is 9.47 Å². The molecule has 0 bridgehead atoms. The van der Waals surface area contributed by atoms with Crippen molar-refractivity contribution in [2.45, 2.75) is 25.7 Å². The van der Waals surface area contributed by atoms with Crippen LogP contribution >= 0.6 is 0 Å². The number of carbonyl (C=O) groups excluding carboxylic acids is 1. The van der Waals surface area contributed by atoms with Crippen LogP contribution in [-0.4, -0.2) is 25.7 Å². The first-order valence-electron chi connectivity index (χ1n) is 7.96. The summed E-state index contributed by atoms with van der Waals surface area (Å²) in [6, 6.07) is 6.02. The van der Waals surface area contributed by atoms with Crippen molar-refractivity contribution in [3.63, 3.8) is 0 Å². The Morgan fingerprint density at radius 1 is 1.10 bits per heavy atom. The number of ether oxygens (including phenoxy) is 2. The molecule has 2 fully saturated rings. The summed E-state index contributed by atoms with van der Waals surface area (Å²) >= 11 is 0. The summed E-state index contributed by atoms with van der Waals surface area (Å²) in [5.74, 6) is 3.88. The fraction of sp³-hybridized carbons (Fsp3) is 0.588. The summed E-state index contributed by atoms with van der Waals surface area (Å²) in [6.45, 7) is 1.92. The standard InChI is InChI=1S/C17H21NO3/c19-17(14-9-12-8-13(12)10-14)18-4-3-11-1-2-15-16(7-11)21-6-5-20-15/h1-2,7,12-14H,3-6,8-10H2,(H,18,19). The van der Waals surface area contributed by atoms with Gasteiger partial charge in [-0.05, 0) is 55.2 Å². The zero-order valence-electron chi connectivity index (χ0n) is 12.1. The SMILES string of the molecule is O=C(NCCc1ccc2c(c1)OCCO2)C1CC2CC2C1. The van der Waals surface area contributed by atoms with E-state index in [0.29, 0.717) is 19.8 Å². The van der Waals surface area contributed by atoms with Gasteiger partial charge in [-0.1, -0.05) is 6.07 Å². The number of fused-ring (bicyclic) bond motifs is 2. The van der Waals surface area contributed by atoms with Gasteiger partial charge in [-0.15, -0.1) is 0 Å². The van der Waals surface area contributed by atoms with Crippen molar-refractivity contribution < 1.29 is 14.3 Å². The largest absolute Gasteiger partial charge is 0.486 e. The third-order valence-electron chi connectivity index (χ3n) is 4.93. The second-order valence-electron chi connectivity index (χ2n) is 6.44. The molecule has 1 amide bonds. The van der Waals surface area contributed by atoms with E-state index in [1.54, 1.807) is 0 Å². The van der Waals surface area contributed by atoms with Gasteiger partial charge in [-0.2, -0.15) is 0 Å². The van der Waals surface area contributed by atoms with Crippen LogP contribution in [0.5, 0.6) is 11.5 Å². The minimum atomic E-state index is 0.250. The summed E-state index contributed by atoms with van der Waals surface area (Å²) in [7, 11) is 0. The van der Waals surface area contributed by atoms with Crippen molar-refractivity contribution in [3.8, 4) is 11.5 Å². The molecule has 2 aliphatic carbocycles. The fourth-order valence-corrected chi connectivity index (χ4v) is 3.65. The topological polar surface area (TPSA) is 47.6 Å². The quantitative estimate of drug-likeness (QED) is 0.923. The second-order valence-corrected chi connectivity index (χ2v) is 6.44. The number of benzene rings is 1. The molecule has 2 saturated carbocycles. The van der Waals surface area contributed by atoms with Gasteiger partial charge in [0.2, 0.25) is 5.91 Å². The highest BCUT2D eigenvalue weighted by atomic mass is 16.6. The van der Waals surface area contributed by atoms with Gasteiger partial charge in [-0.3, -0.25) is 4.79 Å². The third kappa shape index (κ3) is 2.71. The van der Waals surface area contributed by atoms with Crippen molar-refractivity contribution >= 4 is 5.91 Å². The van der Waals surface area contributed by atoms with E-state index in [9.17, 15) is 4.79 Å². The molecular weight excluding hydrogens is 266 g/mol. The predicted molar refractivity (Wildman–Crippen MR) is 78.5 cm³/mol. The van der Waals surface area contributed by atoms with Crippen LogP contribution in [0.15, 0.2) is 18.2 Å². The normalized spacial score (nSPS) is 28.9. The number of amides is 1. The summed E-state index contributed by atoms with van der Waals surface area (Å²) < 4.78 is 11.1. The highest BCUT2D eigenvalue weighted by Gasteiger charge is 2.47. The zero-order valence-corrected chi connectivity index (χ0v) is 12.1.